The number of thiophene rings is 1. The predicted octanol–water partition coefficient (Wildman–Crippen LogP) is 2.66. The zero-order valence-corrected chi connectivity index (χ0v) is 17.4. The van der Waals surface area contributed by atoms with Crippen LogP contribution >= 0.6 is 11.3 Å². The molecule has 8 heteroatoms. The molecule has 0 unspecified atom stereocenters. The van der Waals surface area contributed by atoms with Crippen LogP contribution in [0.25, 0.3) is 0 Å². The van der Waals surface area contributed by atoms with E-state index in [0.29, 0.717) is 43.2 Å². The first-order chi connectivity index (χ1) is 12.8. The second-order valence-electron chi connectivity index (χ2n) is 6.56. The maximum Gasteiger partial charge on any atom is 0.254 e. The minimum absolute atomic E-state index is 0.0812. The molecule has 0 aliphatic carbocycles. The molecule has 6 nitrogen and oxygen atoms in total. The Morgan fingerprint density at radius 2 is 1.81 bits per heavy atom. The summed E-state index contributed by atoms with van der Waals surface area (Å²) >= 11 is 1.49. The number of carbonyl (C=O) groups excluding carboxylic acids is 1. The molecule has 1 aromatic carbocycles. The maximum atomic E-state index is 12.9. The van der Waals surface area contributed by atoms with E-state index in [1.165, 1.54) is 15.6 Å². The number of nitrogens with zero attached hydrogens (tertiary/aromatic N) is 2. The molecule has 0 radical (unpaired) electrons. The van der Waals surface area contributed by atoms with Crippen molar-refractivity contribution in [1.82, 2.24) is 9.21 Å². The first-order valence-electron chi connectivity index (χ1n) is 8.78. The lowest BCUT2D eigenvalue weighted by Crippen LogP contribution is -2.50. The van der Waals surface area contributed by atoms with Gasteiger partial charge in [0.1, 0.15) is 0 Å². The highest BCUT2D eigenvalue weighted by Gasteiger charge is 2.32. The van der Waals surface area contributed by atoms with Crippen LogP contribution in [0.15, 0.2) is 35.2 Å². The minimum atomic E-state index is -3.52. The third-order valence-electron chi connectivity index (χ3n) is 4.69. The van der Waals surface area contributed by atoms with Gasteiger partial charge in [-0.2, -0.15) is 4.31 Å². The van der Waals surface area contributed by atoms with Gasteiger partial charge in [-0.25, -0.2) is 8.42 Å². The van der Waals surface area contributed by atoms with Crippen LogP contribution in [0.1, 0.15) is 25.7 Å². The zero-order valence-electron chi connectivity index (χ0n) is 15.8. The lowest BCUT2D eigenvalue weighted by atomic mass is 10.1. The number of sulfonamides is 1. The predicted molar refractivity (Wildman–Crippen MR) is 106 cm³/mol. The van der Waals surface area contributed by atoms with Crippen LogP contribution in [-0.2, 0) is 21.4 Å². The van der Waals surface area contributed by atoms with Gasteiger partial charge >= 0.3 is 0 Å². The van der Waals surface area contributed by atoms with E-state index in [1.807, 2.05) is 32.0 Å². The molecule has 1 fully saturated rings. The van der Waals surface area contributed by atoms with Crippen molar-refractivity contribution in [3.05, 3.63) is 51.2 Å². The third kappa shape index (κ3) is 4.08. The quantitative estimate of drug-likeness (QED) is 0.763. The summed E-state index contributed by atoms with van der Waals surface area (Å²) in [5.41, 5.74) is 1.45. The molecule has 1 saturated heterocycles. The molecule has 146 valence electrons. The van der Waals surface area contributed by atoms with Crippen molar-refractivity contribution in [2.45, 2.75) is 25.3 Å². The summed E-state index contributed by atoms with van der Waals surface area (Å²) in [6, 6.07) is 9.10. The Labute approximate surface area is 164 Å². The Morgan fingerprint density at radius 3 is 2.41 bits per heavy atom. The van der Waals surface area contributed by atoms with Crippen molar-refractivity contribution < 1.29 is 17.9 Å². The molecule has 1 aliphatic heterocycles. The Morgan fingerprint density at radius 1 is 1.15 bits per heavy atom. The van der Waals surface area contributed by atoms with E-state index in [0.717, 1.165) is 15.3 Å². The Kier molecular flexibility index (Phi) is 6.00. The fraction of sp³-hybridized carbons (Fsp3) is 0.421. The lowest BCUT2D eigenvalue weighted by molar-refractivity contribution is 0.0693. The van der Waals surface area contributed by atoms with E-state index in [-0.39, 0.29) is 5.91 Å². The molecular weight excluding hydrogens is 384 g/mol. The zero-order chi connectivity index (χ0) is 19.6. The first kappa shape index (κ1) is 20.0. The van der Waals surface area contributed by atoms with E-state index in [4.69, 9.17) is 4.74 Å². The normalized spacial score (nSPS) is 15.9. The molecule has 2 aromatic rings. The van der Waals surface area contributed by atoms with Gasteiger partial charge in [0.25, 0.3) is 5.91 Å². The average molecular weight is 409 g/mol. The molecule has 27 heavy (non-hydrogen) atoms. The van der Waals surface area contributed by atoms with Crippen LogP contribution in [-0.4, -0.2) is 56.8 Å². The van der Waals surface area contributed by atoms with Gasteiger partial charge in [-0.05, 0) is 31.5 Å². The monoisotopic (exact) mass is 408 g/mol. The molecule has 1 amide bonds. The second-order valence-corrected chi connectivity index (χ2v) is 9.93. The molecule has 0 saturated carbocycles. The summed E-state index contributed by atoms with van der Waals surface area (Å²) in [4.78, 5) is 16.8. The minimum Gasteiger partial charge on any atom is -0.380 e. The van der Waals surface area contributed by atoms with Crippen molar-refractivity contribution in [2.75, 3.05) is 33.3 Å². The molecule has 0 bridgehead atoms. The SMILES string of the molecule is COCc1ccccc1C(=O)N1CCN(S(=O)(=O)c2cc(C)sc2C)CC1. The fourth-order valence-electron chi connectivity index (χ4n) is 3.31. The highest BCUT2D eigenvalue weighted by atomic mass is 32.2. The van der Waals surface area contributed by atoms with Crippen LogP contribution in [0, 0.1) is 13.8 Å². The van der Waals surface area contributed by atoms with E-state index < -0.39 is 10.0 Å². The van der Waals surface area contributed by atoms with Crippen LogP contribution < -0.4 is 0 Å². The smallest absolute Gasteiger partial charge is 0.254 e. The molecule has 1 aliphatic rings. The standard InChI is InChI=1S/C19H24N2O4S2/c1-14-12-18(15(2)26-14)27(23,24)21-10-8-20(9-11-21)19(22)17-7-5-4-6-16(17)13-25-3/h4-7,12H,8-11,13H2,1-3H3. The largest absolute Gasteiger partial charge is 0.380 e. The Hall–Kier alpha value is -1.74. The molecule has 1 aromatic heterocycles. The molecule has 0 N–H and O–H groups in total. The number of amides is 1. The number of piperazine rings is 1. The highest BCUT2D eigenvalue weighted by Crippen LogP contribution is 2.28. The lowest BCUT2D eigenvalue weighted by Gasteiger charge is -2.34. The van der Waals surface area contributed by atoms with Gasteiger partial charge in [-0.3, -0.25) is 4.79 Å². The van der Waals surface area contributed by atoms with Gasteiger partial charge in [0.05, 0.1) is 11.5 Å². The van der Waals surface area contributed by atoms with E-state index in [9.17, 15) is 13.2 Å². The van der Waals surface area contributed by atoms with E-state index >= 15 is 0 Å². The van der Waals surface area contributed by atoms with Crippen molar-refractivity contribution in [3.63, 3.8) is 0 Å². The summed E-state index contributed by atoms with van der Waals surface area (Å²) in [6.45, 7) is 5.46. The van der Waals surface area contributed by atoms with Crippen LogP contribution in [0.2, 0.25) is 0 Å². The number of ether oxygens (including phenoxy) is 1. The van der Waals surface area contributed by atoms with Crippen molar-refractivity contribution in [2.24, 2.45) is 0 Å². The summed E-state index contributed by atoms with van der Waals surface area (Å²) in [5.74, 6) is -0.0812. The maximum absolute atomic E-state index is 12.9. The van der Waals surface area contributed by atoms with Crippen LogP contribution in [0.4, 0.5) is 0 Å². The van der Waals surface area contributed by atoms with Gasteiger partial charge in [0.2, 0.25) is 10.0 Å². The Balaban J connectivity index is 1.72. The first-order valence-corrected chi connectivity index (χ1v) is 11.0. The van der Waals surface area contributed by atoms with E-state index in [1.54, 1.807) is 24.1 Å². The van der Waals surface area contributed by atoms with Gasteiger partial charge in [0, 0.05) is 48.6 Å². The fourth-order valence-corrected chi connectivity index (χ4v) is 6.26. The number of benzene rings is 1. The van der Waals surface area contributed by atoms with Gasteiger partial charge < -0.3 is 9.64 Å². The van der Waals surface area contributed by atoms with Gasteiger partial charge in [-0.15, -0.1) is 11.3 Å². The topological polar surface area (TPSA) is 66.9 Å². The molecule has 0 spiro atoms. The summed E-state index contributed by atoms with van der Waals surface area (Å²) in [7, 11) is -1.92. The van der Waals surface area contributed by atoms with Gasteiger partial charge in [-0.1, -0.05) is 18.2 Å². The second kappa shape index (κ2) is 8.10. The number of hydrogen-bond acceptors (Lipinski definition) is 5. The summed E-state index contributed by atoms with van der Waals surface area (Å²) in [6.07, 6.45) is 0. The van der Waals surface area contributed by atoms with Gasteiger partial charge in [0.15, 0.2) is 0 Å². The summed E-state index contributed by atoms with van der Waals surface area (Å²) in [5, 5.41) is 0. The highest BCUT2D eigenvalue weighted by molar-refractivity contribution is 7.89. The average Bonchev–Trinajstić information content (AvgIpc) is 3.01. The van der Waals surface area contributed by atoms with Crippen LogP contribution in [0.3, 0.4) is 0 Å². The van der Waals surface area contributed by atoms with Crippen molar-refractivity contribution >= 4 is 27.3 Å². The molecule has 2 heterocycles. The van der Waals surface area contributed by atoms with Crippen LogP contribution in [0.5, 0.6) is 0 Å². The number of hydrogen-bond donors (Lipinski definition) is 0. The molecular formula is C19H24N2O4S2. The number of methoxy groups -OCH3 is 1. The van der Waals surface area contributed by atoms with Crippen molar-refractivity contribution in [3.8, 4) is 0 Å². The summed E-state index contributed by atoms with van der Waals surface area (Å²) < 4.78 is 32.5. The number of carbonyl (C=O) groups is 1. The number of aryl methyl sites for hydroxylation is 2. The van der Waals surface area contributed by atoms with Crippen molar-refractivity contribution in [1.29, 1.82) is 0 Å². The molecule has 0 atom stereocenters. The third-order valence-corrected chi connectivity index (χ3v) is 7.81. The van der Waals surface area contributed by atoms with E-state index in [2.05, 4.69) is 0 Å². The number of rotatable bonds is 5. The molecule has 3 rings (SSSR count). The Bertz CT molecular complexity index is 929.